The average Bonchev–Trinajstić information content (AvgIpc) is 2.09. The first-order chi connectivity index (χ1) is 7.60. The predicted octanol–water partition coefficient (Wildman–Crippen LogP) is 2.68. The summed E-state index contributed by atoms with van der Waals surface area (Å²) in [6.07, 6.45) is 3.05. The van der Waals surface area contributed by atoms with Gasteiger partial charge in [0.25, 0.3) is 0 Å². The molecule has 17 heavy (non-hydrogen) atoms. The van der Waals surface area contributed by atoms with Gasteiger partial charge < -0.3 is 9.84 Å². The van der Waals surface area contributed by atoms with Crippen molar-refractivity contribution in [1.29, 1.82) is 0 Å². The van der Waals surface area contributed by atoms with Crippen molar-refractivity contribution in [1.82, 2.24) is 0 Å². The van der Waals surface area contributed by atoms with Gasteiger partial charge in [0.15, 0.2) is 0 Å². The smallest absolute Gasteiger partial charge is 0.311 e. The standard InChI is InChI=1S/C14H24O3/c1-13(2,3)12(16)17-9-10-6-11(15)8-14(4,5)7-10/h6,11,15H,7-9H2,1-5H3. The van der Waals surface area contributed by atoms with Crippen LogP contribution in [0.4, 0.5) is 0 Å². The molecule has 0 radical (unpaired) electrons. The van der Waals surface area contributed by atoms with Gasteiger partial charge in [-0.2, -0.15) is 0 Å². The van der Waals surface area contributed by atoms with Gasteiger partial charge >= 0.3 is 5.97 Å². The maximum atomic E-state index is 11.6. The van der Waals surface area contributed by atoms with E-state index in [9.17, 15) is 9.90 Å². The molecule has 0 heterocycles. The molecule has 1 atom stereocenters. The van der Waals surface area contributed by atoms with Gasteiger partial charge in [0.05, 0.1) is 11.5 Å². The first-order valence-corrected chi connectivity index (χ1v) is 6.15. The molecule has 1 rings (SSSR count). The lowest BCUT2D eigenvalue weighted by atomic mass is 9.76. The van der Waals surface area contributed by atoms with Crippen molar-refractivity contribution >= 4 is 5.97 Å². The number of ether oxygens (including phenoxy) is 1. The van der Waals surface area contributed by atoms with Crippen LogP contribution in [0, 0.1) is 10.8 Å². The van der Waals surface area contributed by atoms with E-state index in [1.54, 1.807) is 0 Å². The Labute approximate surface area is 104 Å². The molecule has 0 spiro atoms. The van der Waals surface area contributed by atoms with Gasteiger partial charge in [-0.3, -0.25) is 4.79 Å². The van der Waals surface area contributed by atoms with Crippen LogP contribution in [0.1, 0.15) is 47.5 Å². The number of carbonyl (C=O) groups is 1. The molecule has 0 aliphatic heterocycles. The summed E-state index contributed by atoms with van der Waals surface area (Å²) in [5, 5.41) is 9.72. The predicted molar refractivity (Wildman–Crippen MR) is 67.5 cm³/mol. The van der Waals surface area contributed by atoms with Gasteiger partial charge in [-0.05, 0) is 44.6 Å². The van der Waals surface area contributed by atoms with E-state index in [0.29, 0.717) is 6.61 Å². The van der Waals surface area contributed by atoms with E-state index >= 15 is 0 Å². The normalized spacial score (nSPS) is 24.1. The van der Waals surface area contributed by atoms with E-state index in [4.69, 9.17) is 4.74 Å². The van der Waals surface area contributed by atoms with Crippen molar-refractivity contribution < 1.29 is 14.6 Å². The Morgan fingerprint density at radius 3 is 2.59 bits per heavy atom. The highest BCUT2D eigenvalue weighted by Crippen LogP contribution is 2.35. The van der Waals surface area contributed by atoms with Crippen LogP contribution in [-0.2, 0) is 9.53 Å². The number of carbonyl (C=O) groups excluding carboxylic acids is 1. The lowest BCUT2D eigenvalue weighted by Gasteiger charge is -2.32. The zero-order valence-corrected chi connectivity index (χ0v) is 11.5. The second kappa shape index (κ2) is 4.81. The monoisotopic (exact) mass is 240 g/mol. The molecule has 0 amide bonds. The number of aliphatic hydroxyl groups excluding tert-OH is 1. The second-order valence-electron chi connectivity index (χ2n) is 6.76. The Morgan fingerprint density at radius 2 is 2.12 bits per heavy atom. The highest BCUT2D eigenvalue weighted by atomic mass is 16.5. The molecule has 98 valence electrons. The maximum absolute atomic E-state index is 11.6. The summed E-state index contributed by atoms with van der Waals surface area (Å²) in [4.78, 5) is 11.6. The summed E-state index contributed by atoms with van der Waals surface area (Å²) < 4.78 is 5.27. The third-order valence-corrected chi connectivity index (χ3v) is 2.90. The molecule has 1 N–H and O–H groups in total. The van der Waals surface area contributed by atoms with Crippen LogP contribution >= 0.6 is 0 Å². The summed E-state index contributed by atoms with van der Waals surface area (Å²) in [5.41, 5.74) is 0.632. The Hall–Kier alpha value is -0.830. The van der Waals surface area contributed by atoms with Crippen LogP contribution < -0.4 is 0 Å². The Kier molecular flexibility index (Phi) is 4.03. The van der Waals surface area contributed by atoms with Crippen molar-refractivity contribution in [3.63, 3.8) is 0 Å². The fraction of sp³-hybridized carbons (Fsp3) is 0.786. The Morgan fingerprint density at radius 1 is 1.53 bits per heavy atom. The van der Waals surface area contributed by atoms with E-state index < -0.39 is 11.5 Å². The van der Waals surface area contributed by atoms with Crippen LogP contribution in [0.3, 0.4) is 0 Å². The highest BCUT2D eigenvalue weighted by Gasteiger charge is 2.29. The summed E-state index contributed by atoms with van der Waals surface area (Å²) in [6.45, 7) is 10.1. The third kappa shape index (κ3) is 4.50. The molecule has 0 saturated carbocycles. The molecule has 0 aromatic carbocycles. The molecule has 1 aliphatic carbocycles. The minimum atomic E-state index is -0.469. The van der Waals surface area contributed by atoms with Crippen molar-refractivity contribution in [3.05, 3.63) is 11.6 Å². The highest BCUT2D eigenvalue weighted by molar-refractivity contribution is 5.75. The van der Waals surface area contributed by atoms with E-state index in [2.05, 4.69) is 13.8 Å². The van der Waals surface area contributed by atoms with Gasteiger partial charge in [-0.15, -0.1) is 0 Å². The summed E-state index contributed by atoms with van der Waals surface area (Å²) in [5.74, 6) is -0.198. The van der Waals surface area contributed by atoms with Gasteiger partial charge in [0.2, 0.25) is 0 Å². The molecule has 0 aromatic rings. The zero-order chi connectivity index (χ0) is 13.3. The van der Waals surface area contributed by atoms with Crippen molar-refractivity contribution in [2.24, 2.45) is 10.8 Å². The Bertz CT molecular complexity index is 321. The van der Waals surface area contributed by atoms with Gasteiger partial charge in [-0.25, -0.2) is 0 Å². The molecule has 1 aliphatic rings. The van der Waals surface area contributed by atoms with E-state index in [1.165, 1.54) is 0 Å². The molecule has 3 heteroatoms. The minimum Gasteiger partial charge on any atom is -0.461 e. The van der Waals surface area contributed by atoms with Crippen molar-refractivity contribution in [2.45, 2.75) is 53.6 Å². The number of hydrogen-bond acceptors (Lipinski definition) is 3. The quantitative estimate of drug-likeness (QED) is 0.596. The van der Waals surface area contributed by atoms with Crippen LogP contribution in [0.25, 0.3) is 0 Å². The molecule has 1 unspecified atom stereocenters. The van der Waals surface area contributed by atoms with Crippen molar-refractivity contribution in [2.75, 3.05) is 6.61 Å². The number of esters is 1. The van der Waals surface area contributed by atoms with Gasteiger partial charge in [0.1, 0.15) is 6.61 Å². The largest absolute Gasteiger partial charge is 0.461 e. The maximum Gasteiger partial charge on any atom is 0.311 e. The van der Waals surface area contributed by atoms with Crippen LogP contribution in [0.15, 0.2) is 11.6 Å². The van der Waals surface area contributed by atoms with Gasteiger partial charge in [0, 0.05) is 0 Å². The first-order valence-electron chi connectivity index (χ1n) is 6.15. The molecular weight excluding hydrogens is 216 g/mol. The fourth-order valence-corrected chi connectivity index (χ4v) is 2.12. The van der Waals surface area contributed by atoms with Gasteiger partial charge in [-0.1, -0.05) is 19.9 Å². The van der Waals surface area contributed by atoms with E-state index in [-0.39, 0.29) is 11.4 Å². The molecule has 0 fully saturated rings. The summed E-state index contributed by atoms with van der Waals surface area (Å²) in [7, 11) is 0. The minimum absolute atomic E-state index is 0.0810. The molecule has 3 nitrogen and oxygen atoms in total. The fourth-order valence-electron chi connectivity index (χ4n) is 2.12. The molecule has 0 aromatic heterocycles. The summed E-state index contributed by atoms with van der Waals surface area (Å²) >= 11 is 0. The first kappa shape index (κ1) is 14.2. The van der Waals surface area contributed by atoms with Crippen molar-refractivity contribution in [3.8, 4) is 0 Å². The van der Waals surface area contributed by atoms with E-state index in [1.807, 2.05) is 26.8 Å². The van der Waals surface area contributed by atoms with Crippen LogP contribution in [0.2, 0.25) is 0 Å². The number of aliphatic hydroxyl groups is 1. The third-order valence-electron chi connectivity index (χ3n) is 2.90. The lowest BCUT2D eigenvalue weighted by molar-refractivity contribution is -0.152. The average molecular weight is 240 g/mol. The zero-order valence-electron chi connectivity index (χ0n) is 11.5. The van der Waals surface area contributed by atoms with Crippen LogP contribution in [-0.4, -0.2) is 23.8 Å². The molecular formula is C14H24O3. The van der Waals surface area contributed by atoms with Crippen LogP contribution in [0.5, 0.6) is 0 Å². The topological polar surface area (TPSA) is 46.5 Å². The molecule has 0 saturated heterocycles. The lowest BCUT2D eigenvalue weighted by Crippen LogP contribution is -2.28. The number of hydrogen-bond donors (Lipinski definition) is 1. The molecule has 0 bridgehead atoms. The summed E-state index contributed by atoms with van der Waals surface area (Å²) in [6, 6.07) is 0. The Balaban J connectivity index is 2.56. The number of rotatable bonds is 2. The van der Waals surface area contributed by atoms with E-state index in [0.717, 1.165) is 18.4 Å². The SMILES string of the molecule is CC1(C)CC(COC(=O)C(C)(C)C)=CC(O)C1. The second-order valence-corrected chi connectivity index (χ2v) is 6.76.